The molecule has 174 valence electrons. The Morgan fingerprint density at radius 3 is 2.62 bits per heavy atom. The van der Waals surface area contributed by atoms with Crippen LogP contribution in [0.25, 0.3) is 0 Å². The van der Waals surface area contributed by atoms with Crippen molar-refractivity contribution in [2.24, 2.45) is 0 Å². The van der Waals surface area contributed by atoms with Crippen molar-refractivity contribution in [1.29, 1.82) is 0 Å². The first-order valence-electron chi connectivity index (χ1n) is 10.8. The Bertz CT molecular complexity index is 1270. The van der Waals surface area contributed by atoms with Crippen LogP contribution in [0.3, 0.4) is 0 Å². The molecule has 0 saturated carbocycles. The molecular formula is C24H21N3O6S. The molecule has 1 aromatic heterocycles. The van der Waals surface area contributed by atoms with E-state index < -0.39 is 11.9 Å². The van der Waals surface area contributed by atoms with Crippen molar-refractivity contribution in [2.75, 3.05) is 24.0 Å². The summed E-state index contributed by atoms with van der Waals surface area (Å²) in [4.78, 5) is 42.9. The topological polar surface area (TPSA) is 116 Å². The second kappa shape index (κ2) is 9.14. The van der Waals surface area contributed by atoms with Crippen molar-refractivity contribution in [3.8, 4) is 11.5 Å². The number of esters is 1. The minimum atomic E-state index is -0.410. The number of nitrogens with zero attached hydrogens (tertiary/aromatic N) is 1. The molecule has 2 heterocycles. The van der Waals surface area contributed by atoms with E-state index in [-0.39, 0.29) is 18.6 Å². The van der Waals surface area contributed by atoms with Crippen molar-refractivity contribution in [3.05, 3.63) is 64.2 Å². The summed E-state index contributed by atoms with van der Waals surface area (Å²) in [6.45, 7) is 2.18. The van der Waals surface area contributed by atoms with E-state index >= 15 is 0 Å². The molecule has 34 heavy (non-hydrogen) atoms. The Labute approximate surface area is 199 Å². The van der Waals surface area contributed by atoms with Gasteiger partial charge in [0.1, 0.15) is 0 Å². The third-order valence-corrected chi connectivity index (χ3v) is 6.60. The van der Waals surface area contributed by atoms with Gasteiger partial charge in [-0.05, 0) is 62.2 Å². The maximum Gasteiger partial charge on any atom is 0.338 e. The van der Waals surface area contributed by atoms with Gasteiger partial charge in [0.05, 0.1) is 23.8 Å². The number of aryl methyl sites for hydroxylation is 1. The second-order valence-corrected chi connectivity index (χ2v) is 8.81. The summed E-state index contributed by atoms with van der Waals surface area (Å²) in [5, 5.41) is 6.14. The van der Waals surface area contributed by atoms with Crippen molar-refractivity contribution < 1.29 is 28.6 Å². The van der Waals surface area contributed by atoms with Gasteiger partial charge >= 0.3 is 5.97 Å². The van der Waals surface area contributed by atoms with Gasteiger partial charge in [0.25, 0.3) is 5.91 Å². The molecule has 2 aromatic carbocycles. The number of aromatic nitrogens is 1. The number of hydrogen-bond acceptors (Lipinski definition) is 8. The van der Waals surface area contributed by atoms with Crippen LogP contribution >= 0.6 is 11.3 Å². The zero-order valence-corrected chi connectivity index (χ0v) is 19.1. The van der Waals surface area contributed by atoms with E-state index in [0.717, 1.165) is 4.88 Å². The number of amides is 2. The van der Waals surface area contributed by atoms with Crippen molar-refractivity contribution in [1.82, 2.24) is 4.98 Å². The average molecular weight is 480 g/mol. The Kier molecular flexibility index (Phi) is 5.89. The highest BCUT2D eigenvalue weighted by molar-refractivity contribution is 7.16. The van der Waals surface area contributed by atoms with E-state index in [9.17, 15) is 14.4 Å². The summed E-state index contributed by atoms with van der Waals surface area (Å²) in [7, 11) is 0. The summed E-state index contributed by atoms with van der Waals surface area (Å²) in [6.07, 6.45) is 1.37. The molecule has 5 rings (SSSR count). The second-order valence-electron chi connectivity index (χ2n) is 7.73. The van der Waals surface area contributed by atoms with Gasteiger partial charge in [0.2, 0.25) is 12.7 Å². The maximum atomic E-state index is 12.9. The van der Waals surface area contributed by atoms with Crippen LogP contribution in [0.4, 0.5) is 10.8 Å². The Balaban J connectivity index is 1.24. The van der Waals surface area contributed by atoms with Gasteiger partial charge in [-0.2, -0.15) is 0 Å². The van der Waals surface area contributed by atoms with E-state index in [2.05, 4.69) is 15.6 Å². The molecule has 0 radical (unpaired) electrons. The van der Waals surface area contributed by atoms with Crippen molar-refractivity contribution in [3.63, 3.8) is 0 Å². The Morgan fingerprint density at radius 1 is 1.06 bits per heavy atom. The lowest BCUT2D eigenvalue weighted by atomic mass is 10.1. The number of hydrogen-bond donors (Lipinski definition) is 2. The lowest BCUT2D eigenvalue weighted by Crippen LogP contribution is -2.20. The van der Waals surface area contributed by atoms with E-state index in [0.29, 0.717) is 58.6 Å². The minimum Gasteiger partial charge on any atom is -0.462 e. The number of rotatable bonds is 6. The Hall–Kier alpha value is -3.92. The van der Waals surface area contributed by atoms with Gasteiger partial charge in [-0.15, -0.1) is 11.3 Å². The summed E-state index contributed by atoms with van der Waals surface area (Å²) in [6, 6.07) is 11.5. The molecule has 2 N–H and O–H groups in total. The van der Waals surface area contributed by atoms with Crippen LogP contribution in [0.1, 0.15) is 50.5 Å². The molecule has 1 aliphatic heterocycles. The van der Waals surface area contributed by atoms with Gasteiger partial charge in [-0.3, -0.25) is 14.9 Å². The van der Waals surface area contributed by atoms with Gasteiger partial charge in [-0.25, -0.2) is 9.78 Å². The summed E-state index contributed by atoms with van der Waals surface area (Å²) in [5.74, 6) is -0.170. The summed E-state index contributed by atoms with van der Waals surface area (Å²) >= 11 is 1.38. The smallest absolute Gasteiger partial charge is 0.338 e. The van der Waals surface area contributed by atoms with Crippen LogP contribution in [0, 0.1) is 0 Å². The third-order valence-electron chi connectivity index (χ3n) is 5.55. The highest BCUT2D eigenvalue weighted by atomic mass is 32.1. The third kappa shape index (κ3) is 4.32. The quantitative estimate of drug-likeness (QED) is 0.514. The number of thiazole rings is 1. The molecule has 0 spiro atoms. The molecule has 0 saturated heterocycles. The highest BCUT2D eigenvalue weighted by Crippen LogP contribution is 2.39. The SMILES string of the molecule is CCOC(=O)c1ccc(NC(=O)C2CCc3sc(NC(=O)c4ccc5c(c4)OCO5)nc32)cc1. The zero-order chi connectivity index (χ0) is 23.7. The van der Waals surface area contributed by atoms with Gasteiger partial charge in [-0.1, -0.05) is 0 Å². The van der Waals surface area contributed by atoms with Crippen LogP contribution in [0.2, 0.25) is 0 Å². The summed E-state index contributed by atoms with van der Waals surface area (Å²) < 4.78 is 15.6. The van der Waals surface area contributed by atoms with Crippen LogP contribution < -0.4 is 20.1 Å². The first kappa shape index (κ1) is 21.9. The predicted octanol–water partition coefficient (Wildman–Crippen LogP) is 3.97. The molecule has 1 unspecified atom stereocenters. The normalized spacial score (nSPS) is 15.5. The molecule has 10 heteroatoms. The number of nitrogens with one attached hydrogen (secondary N) is 2. The lowest BCUT2D eigenvalue weighted by molar-refractivity contribution is -0.117. The monoisotopic (exact) mass is 479 g/mol. The van der Waals surface area contributed by atoms with Crippen LogP contribution in [-0.2, 0) is 16.0 Å². The largest absolute Gasteiger partial charge is 0.462 e. The fraction of sp³-hybridized carbons (Fsp3) is 0.250. The molecular weight excluding hydrogens is 458 g/mol. The minimum absolute atomic E-state index is 0.137. The van der Waals surface area contributed by atoms with E-state index in [4.69, 9.17) is 14.2 Å². The van der Waals surface area contributed by atoms with Gasteiger partial charge < -0.3 is 19.5 Å². The standard InChI is InChI=1S/C24H21N3O6S/c1-2-31-23(30)13-3-6-15(7-4-13)25-22(29)16-8-10-19-20(16)26-24(34-19)27-21(28)14-5-9-17-18(11-14)33-12-32-17/h3-7,9,11,16H,2,8,10,12H2,1H3,(H,25,29)(H,26,27,28). The number of benzene rings is 2. The zero-order valence-electron chi connectivity index (χ0n) is 18.3. The van der Waals surface area contributed by atoms with E-state index in [1.54, 1.807) is 49.4 Å². The first-order chi connectivity index (χ1) is 16.5. The van der Waals surface area contributed by atoms with Crippen LogP contribution in [0.15, 0.2) is 42.5 Å². The Morgan fingerprint density at radius 2 is 1.82 bits per heavy atom. The molecule has 1 aliphatic carbocycles. The molecule has 3 aromatic rings. The number of carbonyl (C=O) groups excluding carboxylic acids is 3. The first-order valence-corrected chi connectivity index (χ1v) is 11.6. The van der Waals surface area contributed by atoms with Crippen LogP contribution in [0.5, 0.6) is 11.5 Å². The average Bonchev–Trinajstić information content (AvgIpc) is 3.54. The van der Waals surface area contributed by atoms with Gasteiger partial charge in [0, 0.05) is 16.1 Å². The lowest BCUT2D eigenvalue weighted by Gasteiger charge is -2.11. The van der Waals surface area contributed by atoms with E-state index in [1.165, 1.54) is 11.3 Å². The number of anilines is 2. The van der Waals surface area contributed by atoms with Crippen LogP contribution in [-0.4, -0.2) is 36.2 Å². The van der Waals surface area contributed by atoms with Crippen molar-refractivity contribution >= 4 is 39.9 Å². The molecule has 0 fully saturated rings. The fourth-order valence-corrected chi connectivity index (χ4v) is 4.91. The number of carbonyl (C=O) groups is 3. The van der Waals surface area contributed by atoms with Crippen molar-refractivity contribution in [2.45, 2.75) is 25.7 Å². The number of fused-ring (bicyclic) bond motifs is 2. The van der Waals surface area contributed by atoms with Gasteiger partial charge in [0.15, 0.2) is 16.6 Å². The predicted molar refractivity (Wildman–Crippen MR) is 125 cm³/mol. The molecule has 2 aliphatic rings. The molecule has 2 amide bonds. The highest BCUT2D eigenvalue weighted by Gasteiger charge is 2.33. The fourth-order valence-electron chi connectivity index (χ4n) is 3.88. The summed E-state index contributed by atoms with van der Waals surface area (Å²) in [5.41, 5.74) is 2.12. The maximum absolute atomic E-state index is 12.9. The number of ether oxygens (including phenoxy) is 3. The molecule has 1 atom stereocenters. The molecule has 9 nitrogen and oxygen atoms in total. The van der Waals surface area contributed by atoms with E-state index in [1.807, 2.05) is 0 Å². The molecule has 0 bridgehead atoms.